The number of hydrogen-bond donors (Lipinski definition) is 1. The number of imidazole rings is 1. The average molecular weight is 440 g/mol. The topological polar surface area (TPSA) is 100 Å². The molecule has 4 rings (SSSR count). The highest BCUT2D eigenvalue weighted by Crippen LogP contribution is 2.33. The summed E-state index contributed by atoms with van der Waals surface area (Å²) in [6.07, 6.45) is 1.36. The number of hydrogen-bond acceptors (Lipinski definition) is 5. The van der Waals surface area contributed by atoms with Gasteiger partial charge in [0, 0.05) is 14.1 Å². The Morgan fingerprint density at radius 2 is 1.71 bits per heavy atom. The summed E-state index contributed by atoms with van der Waals surface area (Å²) < 4.78 is 9.50. The molecule has 0 fully saturated rings. The van der Waals surface area contributed by atoms with Gasteiger partial charge in [0.15, 0.2) is 16.9 Å². The molecule has 0 aliphatic heterocycles. The van der Waals surface area contributed by atoms with Crippen LogP contribution in [0.1, 0.15) is 0 Å². The van der Waals surface area contributed by atoms with Crippen molar-refractivity contribution in [1.82, 2.24) is 18.7 Å². The van der Waals surface area contributed by atoms with Gasteiger partial charge in [-0.3, -0.25) is 18.7 Å². The first kappa shape index (κ1) is 20.4. The van der Waals surface area contributed by atoms with E-state index in [9.17, 15) is 14.4 Å². The molecule has 158 valence electrons. The molecule has 1 amide bonds. The third kappa shape index (κ3) is 3.82. The monoisotopic (exact) mass is 439 g/mol. The Balaban J connectivity index is 1.60. The average Bonchev–Trinajstić information content (AvgIpc) is 3.17. The zero-order chi connectivity index (χ0) is 22.1. The van der Waals surface area contributed by atoms with Gasteiger partial charge in [0.1, 0.15) is 12.3 Å². The Bertz CT molecular complexity index is 1420. The minimum Gasteiger partial charge on any atom is -0.454 e. The summed E-state index contributed by atoms with van der Waals surface area (Å²) in [6, 6.07) is 13.9. The molecule has 0 radical (unpaired) electrons. The van der Waals surface area contributed by atoms with E-state index in [1.54, 1.807) is 48.5 Å². The van der Waals surface area contributed by atoms with Crippen molar-refractivity contribution < 1.29 is 9.53 Å². The smallest absolute Gasteiger partial charge is 0.332 e. The molecule has 2 aromatic heterocycles. The largest absolute Gasteiger partial charge is 0.454 e. The third-order valence-electron chi connectivity index (χ3n) is 4.75. The second-order valence-corrected chi connectivity index (χ2v) is 7.23. The van der Waals surface area contributed by atoms with E-state index in [4.69, 9.17) is 16.3 Å². The molecule has 0 spiro atoms. The van der Waals surface area contributed by atoms with Crippen LogP contribution in [-0.4, -0.2) is 24.6 Å². The van der Waals surface area contributed by atoms with Gasteiger partial charge in [0.2, 0.25) is 5.91 Å². The highest BCUT2D eigenvalue weighted by molar-refractivity contribution is 6.32. The van der Waals surface area contributed by atoms with Gasteiger partial charge < -0.3 is 14.6 Å². The number of aryl methyl sites for hydroxylation is 1. The van der Waals surface area contributed by atoms with Crippen LogP contribution in [0.4, 0.5) is 5.69 Å². The Labute approximate surface area is 181 Å². The predicted octanol–water partition coefficient (Wildman–Crippen LogP) is 2.52. The molecule has 0 aliphatic rings. The minimum atomic E-state index is -0.522. The lowest BCUT2D eigenvalue weighted by atomic mass is 10.2. The quantitative estimate of drug-likeness (QED) is 0.515. The fraction of sp³-hybridized carbons (Fsp3) is 0.143. The number of nitrogens with one attached hydrogen (secondary N) is 1. The lowest BCUT2D eigenvalue weighted by Crippen LogP contribution is -2.37. The number of rotatable bonds is 5. The molecule has 0 atom stereocenters. The van der Waals surface area contributed by atoms with Gasteiger partial charge in [-0.1, -0.05) is 35.9 Å². The summed E-state index contributed by atoms with van der Waals surface area (Å²) in [7, 11) is 2.90. The van der Waals surface area contributed by atoms with E-state index in [-0.39, 0.29) is 17.7 Å². The molecule has 0 aliphatic carbocycles. The van der Waals surface area contributed by atoms with Gasteiger partial charge in [-0.25, -0.2) is 9.78 Å². The Morgan fingerprint density at radius 1 is 1.03 bits per heavy atom. The zero-order valence-corrected chi connectivity index (χ0v) is 17.5. The molecule has 2 aromatic carbocycles. The maximum Gasteiger partial charge on any atom is 0.332 e. The van der Waals surface area contributed by atoms with Crippen molar-refractivity contribution in [2.75, 3.05) is 5.32 Å². The maximum absolute atomic E-state index is 12.7. The fourth-order valence-electron chi connectivity index (χ4n) is 3.17. The second kappa shape index (κ2) is 8.11. The lowest BCUT2D eigenvalue weighted by molar-refractivity contribution is -0.116. The zero-order valence-electron chi connectivity index (χ0n) is 16.7. The van der Waals surface area contributed by atoms with Crippen molar-refractivity contribution in [1.29, 1.82) is 0 Å². The molecule has 0 saturated heterocycles. The number of halogens is 1. The number of carbonyl (C=O) groups excluding carboxylic acids is 1. The number of ether oxygens (including phenoxy) is 1. The van der Waals surface area contributed by atoms with Crippen molar-refractivity contribution in [3.8, 4) is 11.5 Å². The van der Waals surface area contributed by atoms with Crippen LogP contribution in [0.25, 0.3) is 11.2 Å². The predicted molar refractivity (Wildman–Crippen MR) is 117 cm³/mol. The summed E-state index contributed by atoms with van der Waals surface area (Å²) in [6.45, 7) is -0.176. The molecule has 2 heterocycles. The van der Waals surface area contributed by atoms with Gasteiger partial charge >= 0.3 is 5.69 Å². The van der Waals surface area contributed by atoms with Crippen LogP contribution in [-0.2, 0) is 25.4 Å². The molecular weight excluding hydrogens is 422 g/mol. The van der Waals surface area contributed by atoms with E-state index < -0.39 is 17.2 Å². The van der Waals surface area contributed by atoms with Gasteiger partial charge in [0.05, 0.1) is 17.0 Å². The van der Waals surface area contributed by atoms with Crippen LogP contribution in [0.2, 0.25) is 5.02 Å². The number of aromatic nitrogens is 4. The summed E-state index contributed by atoms with van der Waals surface area (Å²) >= 11 is 6.16. The SMILES string of the molecule is Cn1c(=O)c2c(ncn2CC(=O)Nc2ccccc2Oc2ccccc2Cl)n(C)c1=O. The van der Waals surface area contributed by atoms with E-state index in [0.717, 1.165) is 4.57 Å². The van der Waals surface area contributed by atoms with E-state index >= 15 is 0 Å². The lowest BCUT2D eigenvalue weighted by Gasteiger charge is -2.13. The van der Waals surface area contributed by atoms with Gasteiger partial charge in [0.25, 0.3) is 5.56 Å². The van der Waals surface area contributed by atoms with Crippen molar-refractivity contribution >= 4 is 34.4 Å². The van der Waals surface area contributed by atoms with E-state index in [0.29, 0.717) is 22.2 Å². The standard InChI is InChI=1S/C21H18ClN5O4/c1-25-19-18(20(29)26(2)21(25)30)27(12-23-19)11-17(28)24-14-8-4-6-10-16(14)31-15-9-5-3-7-13(15)22/h3-10,12H,11H2,1-2H3,(H,24,28). The first-order valence-corrected chi connectivity index (χ1v) is 9.66. The third-order valence-corrected chi connectivity index (χ3v) is 5.06. The van der Waals surface area contributed by atoms with Crippen molar-refractivity contribution in [2.45, 2.75) is 6.54 Å². The molecule has 10 heteroatoms. The fourth-order valence-corrected chi connectivity index (χ4v) is 3.34. The number of para-hydroxylation sites is 3. The number of benzene rings is 2. The van der Waals surface area contributed by atoms with Crippen LogP contribution in [0.3, 0.4) is 0 Å². The number of fused-ring (bicyclic) bond motifs is 1. The molecule has 0 unspecified atom stereocenters. The first-order chi connectivity index (χ1) is 14.9. The van der Waals surface area contributed by atoms with Gasteiger partial charge in [-0.05, 0) is 24.3 Å². The van der Waals surface area contributed by atoms with Crippen LogP contribution >= 0.6 is 11.6 Å². The number of carbonyl (C=O) groups is 1. The van der Waals surface area contributed by atoms with Gasteiger partial charge in [-0.2, -0.15) is 0 Å². The number of anilines is 1. The van der Waals surface area contributed by atoms with Crippen LogP contribution in [0, 0.1) is 0 Å². The summed E-state index contributed by atoms with van der Waals surface area (Å²) in [5.74, 6) is 0.471. The highest BCUT2D eigenvalue weighted by Gasteiger charge is 2.17. The summed E-state index contributed by atoms with van der Waals surface area (Å²) in [4.78, 5) is 41.4. The Morgan fingerprint density at radius 3 is 2.45 bits per heavy atom. The van der Waals surface area contributed by atoms with Crippen molar-refractivity contribution in [2.24, 2.45) is 14.1 Å². The highest BCUT2D eigenvalue weighted by atomic mass is 35.5. The molecule has 31 heavy (non-hydrogen) atoms. The van der Waals surface area contributed by atoms with E-state index in [1.807, 2.05) is 0 Å². The molecular formula is C21H18ClN5O4. The van der Waals surface area contributed by atoms with E-state index in [2.05, 4.69) is 10.3 Å². The Hall–Kier alpha value is -3.85. The maximum atomic E-state index is 12.7. The summed E-state index contributed by atoms with van der Waals surface area (Å²) in [5.41, 5.74) is -0.190. The summed E-state index contributed by atoms with van der Waals surface area (Å²) in [5, 5.41) is 3.22. The normalized spacial score (nSPS) is 10.9. The number of amides is 1. The molecule has 0 bridgehead atoms. The number of nitrogens with zero attached hydrogens (tertiary/aromatic N) is 4. The Kier molecular flexibility index (Phi) is 5.35. The molecule has 1 N–H and O–H groups in total. The van der Waals surface area contributed by atoms with Gasteiger partial charge in [-0.15, -0.1) is 0 Å². The van der Waals surface area contributed by atoms with Crippen molar-refractivity contribution in [3.05, 3.63) is 80.7 Å². The minimum absolute atomic E-state index is 0.167. The molecule has 4 aromatic rings. The van der Waals surface area contributed by atoms with Crippen molar-refractivity contribution in [3.63, 3.8) is 0 Å². The van der Waals surface area contributed by atoms with E-state index in [1.165, 1.54) is 29.6 Å². The van der Waals surface area contributed by atoms with Crippen LogP contribution in [0.15, 0.2) is 64.4 Å². The van der Waals surface area contributed by atoms with Crippen LogP contribution in [0.5, 0.6) is 11.5 Å². The molecule has 9 nitrogen and oxygen atoms in total. The van der Waals surface area contributed by atoms with Crippen LogP contribution < -0.4 is 21.3 Å². The first-order valence-electron chi connectivity index (χ1n) is 9.29. The molecule has 0 saturated carbocycles. The second-order valence-electron chi connectivity index (χ2n) is 6.83.